The number of likely N-dealkylation sites (tertiary alicyclic amines) is 1. The molecule has 1 N–H and O–H groups in total. The highest BCUT2D eigenvalue weighted by Gasteiger charge is 2.38. The van der Waals surface area contributed by atoms with E-state index < -0.39 is 0 Å². The zero-order valence-corrected chi connectivity index (χ0v) is 14.8. The van der Waals surface area contributed by atoms with E-state index in [4.69, 9.17) is 0 Å². The fourth-order valence-corrected chi connectivity index (χ4v) is 4.39. The molecule has 2 saturated carbocycles. The predicted octanol–water partition coefficient (Wildman–Crippen LogP) is 2.59. The van der Waals surface area contributed by atoms with E-state index in [2.05, 4.69) is 26.7 Å². The van der Waals surface area contributed by atoms with E-state index in [0.717, 1.165) is 19.5 Å². The van der Waals surface area contributed by atoms with Crippen LogP contribution in [-0.4, -0.2) is 45.5 Å². The van der Waals surface area contributed by atoms with Crippen molar-refractivity contribution in [2.75, 3.05) is 13.1 Å². The van der Waals surface area contributed by atoms with Crippen LogP contribution in [0.3, 0.4) is 0 Å². The van der Waals surface area contributed by atoms with E-state index in [0.29, 0.717) is 18.5 Å². The van der Waals surface area contributed by atoms with Crippen LogP contribution in [0, 0.1) is 6.92 Å². The van der Waals surface area contributed by atoms with Crippen molar-refractivity contribution in [3.63, 3.8) is 0 Å². The normalized spacial score (nSPS) is 25.5. The van der Waals surface area contributed by atoms with Crippen molar-refractivity contribution < 1.29 is 4.79 Å². The largest absolute Gasteiger partial charge is 0.353 e. The van der Waals surface area contributed by atoms with Gasteiger partial charge in [0.15, 0.2) is 0 Å². The number of nitrogens with one attached hydrogen (secondary N) is 1. The number of hydrogen-bond donors (Lipinski definition) is 1. The lowest BCUT2D eigenvalue weighted by molar-refractivity contribution is -0.133. The molecule has 3 fully saturated rings. The molecule has 1 aliphatic heterocycles. The van der Waals surface area contributed by atoms with Crippen molar-refractivity contribution >= 4 is 5.91 Å². The topological polar surface area (TPSA) is 50.2 Å². The molecule has 1 atom stereocenters. The third kappa shape index (κ3) is 3.23. The lowest BCUT2D eigenvalue weighted by Gasteiger charge is -2.46. The van der Waals surface area contributed by atoms with Gasteiger partial charge in [-0.2, -0.15) is 0 Å². The summed E-state index contributed by atoms with van der Waals surface area (Å²) in [5.41, 5.74) is 1.21. The smallest absolute Gasteiger partial charge is 0.237 e. The molecular weight excluding hydrogens is 300 g/mol. The summed E-state index contributed by atoms with van der Waals surface area (Å²) in [6, 6.07) is 0.778. The van der Waals surface area contributed by atoms with Crippen LogP contribution in [0.4, 0.5) is 0 Å². The molecule has 5 nitrogen and oxygen atoms in total. The van der Waals surface area contributed by atoms with E-state index in [1.54, 1.807) is 0 Å². The molecule has 0 spiro atoms. The Kier molecular flexibility index (Phi) is 4.61. The molecule has 24 heavy (non-hydrogen) atoms. The maximum atomic E-state index is 12.5. The van der Waals surface area contributed by atoms with Gasteiger partial charge in [0.05, 0.1) is 6.04 Å². The van der Waals surface area contributed by atoms with Gasteiger partial charge < -0.3 is 9.88 Å². The first-order chi connectivity index (χ1) is 11.7. The second-order valence-electron chi connectivity index (χ2n) is 7.81. The van der Waals surface area contributed by atoms with E-state index in [-0.39, 0.29) is 11.9 Å². The quantitative estimate of drug-likeness (QED) is 0.872. The molecule has 0 aromatic carbocycles. The summed E-state index contributed by atoms with van der Waals surface area (Å²) < 4.78 is 2.29. The SMILES string of the molecule is Cc1cnc(C2CC2)n1CCNC(=O)C1CCN1C1CCCCC1. The van der Waals surface area contributed by atoms with Crippen LogP contribution in [0.2, 0.25) is 0 Å². The van der Waals surface area contributed by atoms with Gasteiger partial charge in [0.1, 0.15) is 5.82 Å². The molecule has 1 unspecified atom stereocenters. The first-order valence-electron chi connectivity index (χ1n) is 9.79. The Morgan fingerprint density at radius 2 is 2.00 bits per heavy atom. The van der Waals surface area contributed by atoms with Gasteiger partial charge in [0.25, 0.3) is 0 Å². The molecule has 1 saturated heterocycles. The van der Waals surface area contributed by atoms with Crippen LogP contribution in [-0.2, 0) is 11.3 Å². The van der Waals surface area contributed by atoms with Gasteiger partial charge in [-0.1, -0.05) is 19.3 Å². The molecular formula is C19H30N4O. The number of carbonyl (C=O) groups excluding carboxylic acids is 1. The van der Waals surface area contributed by atoms with Gasteiger partial charge in [-0.3, -0.25) is 9.69 Å². The monoisotopic (exact) mass is 330 g/mol. The molecule has 2 heterocycles. The third-order valence-corrected chi connectivity index (χ3v) is 6.07. The molecule has 1 amide bonds. The number of aryl methyl sites for hydroxylation is 1. The Bertz CT molecular complexity index is 586. The second-order valence-corrected chi connectivity index (χ2v) is 7.81. The number of carbonyl (C=O) groups is 1. The fraction of sp³-hybridized carbons (Fsp3) is 0.789. The fourth-order valence-electron chi connectivity index (χ4n) is 4.39. The van der Waals surface area contributed by atoms with Crippen LogP contribution in [0.1, 0.15) is 68.8 Å². The van der Waals surface area contributed by atoms with E-state index in [1.807, 2.05) is 6.20 Å². The van der Waals surface area contributed by atoms with Crippen LogP contribution < -0.4 is 5.32 Å². The highest BCUT2D eigenvalue weighted by atomic mass is 16.2. The first kappa shape index (κ1) is 16.1. The Balaban J connectivity index is 1.27. The number of amides is 1. The first-order valence-corrected chi connectivity index (χ1v) is 9.79. The van der Waals surface area contributed by atoms with Crippen LogP contribution in [0.15, 0.2) is 6.20 Å². The molecule has 0 bridgehead atoms. The molecule has 2 aliphatic carbocycles. The summed E-state index contributed by atoms with van der Waals surface area (Å²) in [5, 5.41) is 3.18. The summed E-state index contributed by atoms with van der Waals surface area (Å²) in [7, 11) is 0. The maximum Gasteiger partial charge on any atom is 0.237 e. The standard InChI is InChI=1S/C19H30N4O/c1-14-13-21-18(15-7-8-15)22(14)12-10-20-19(24)17-9-11-23(17)16-5-3-2-4-6-16/h13,15-17H,2-12H2,1H3,(H,20,24). The van der Waals surface area contributed by atoms with Crippen molar-refractivity contribution in [1.82, 2.24) is 19.8 Å². The minimum absolute atomic E-state index is 0.125. The van der Waals surface area contributed by atoms with Crippen LogP contribution in [0.5, 0.6) is 0 Å². The highest BCUT2D eigenvalue weighted by molar-refractivity contribution is 5.82. The van der Waals surface area contributed by atoms with Gasteiger partial charge >= 0.3 is 0 Å². The van der Waals surface area contributed by atoms with Crippen molar-refractivity contribution in [3.05, 3.63) is 17.7 Å². The predicted molar refractivity (Wildman–Crippen MR) is 93.9 cm³/mol. The average Bonchev–Trinajstić information content (AvgIpc) is 3.32. The molecule has 132 valence electrons. The van der Waals surface area contributed by atoms with Gasteiger partial charge in [0.2, 0.25) is 5.91 Å². The highest BCUT2D eigenvalue weighted by Crippen LogP contribution is 2.39. The molecule has 4 rings (SSSR count). The van der Waals surface area contributed by atoms with Gasteiger partial charge in [-0.05, 0) is 39.0 Å². The maximum absolute atomic E-state index is 12.5. The summed E-state index contributed by atoms with van der Waals surface area (Å²) in [4.78, 5) is 19.5. The second kappa shape index (κ2) is 6.87. The Hall–Kier alpha value is -1.36. The Labute approximate surface area is 144 Å². The lowest BCUT2D eigenvalue weighted by atomic mass is 9.89. The lowest BCUT2D eigenvalue weighted by Crippen LogP contribution is -2.60. The minimum Gasteiger partial charge on any atom is -0.353 e. The van der Waals surface area contributed by atoms with Gasteiger partial charge in [-0.25, -0.2) is 4.98 Å². The van der Waals surface area contributed by atoms with E-state index in [1.165, 1.54) is 56.5 Å². The third-order valence-electron chi connectivity index (χ3n) is 6.07. The average molecular weight is 330 g/mol. The van der Waals surface area contributed by atoms with Gasteiger partial charge in [0, 0.05) is 43.5 Å². The number of rotatable bonds is 6. The zero-order valence-electron chi connectivity index (χ0n) is 14.8. The molecule has 1 aromatic rings. The minimum atomic E-state index is 0.125. The number of hydrogen-bond acceptors (Lipinski definition) is 3. The molecule has 3 aliphatic rings. The van der Waals surface area contributed by atoms with Crippen LogP contribution >= 0.6 is 0 Å². The van der Waals surface area contributed by atoms with E-state index >= 15 is 0 Å². The number of nitrogens with zero attached hydrogens (tertiary/aromatic N) is 3. The number of imidazole rings is 1. The van der Waals surface area contributed by atoms with Crippen molar-refractivity contribution in [2.24, 2.45) is 0 Å². The zero-order chi connectivity index (χ0) is 16.5. The summed E-state index contributed by atoms with van der Waals surface area (Å²) in [6.45, 7) is 4.77. The summed E-state index contributed by atoms with van der Waals surface area (Å²) >= 11 is 0. The summed E-state index contributed by atoms with van der Waals surface area (Å²) in [5.74, 6) is 2.11. The van der Waals surface area contributed by atoms with Crippen molar-refractivity contribution in [2.45, 2.75) is 82.8 Å². The van der Waals surface area contributed by atoms with E-state index in [9.17, 15) is 4.79 Å². The Morgan fingerprint density at radius 1 is 1.21 bits per heavy atom. The molecule has 5 heteroatoms. The van der Waals surface area contributed by atoms with Gasteiger partial charge in [-0.15, -0.1) is 0 Å². The van der Waals surface area contributed by atoms with Crippen molar-refractivity contribution in [3.8, 4) is 0 Å². The van der Waals surface area contributed by atoms with Crippen LogP contribution in [0.25, 0.3) is 0 Å². The molecule has 0 radical (unpaired) electrons. The van der Waals surface area contributed by atoms with Crippen molar-refractivity contribution in [1.29, 1.82) is 0 Å². The number of aromatic nitrogens is 2. The summed E-state index contributed by atoms with van der Waals surface area (Å²) in [6.07, 6.45) is 12.1. The molecule has 1 aromatic heterocycles. The Morgan fingerprint density at radius 3 is 2.67 bits per heavy atom.